The van der Waals surface area contributed by atoms with E-state index in [9.17, 15) is 4.79 Å². The van der Waals surface area contributed by atoms with E-state index in [0.717, 1.165) is 25.3 Å². The van der Waals surface area contributed by atoms with Gasteiger partial charge in [0.15, 0.2) is 0 Å². The minimum Gasteiger partial charge on any atom is -0.356 e. The van der Waals surface area contributed by atoms with Crippen molar-refractivity contribution in [2.75, 3.05) is 23.3 Å². The molecule has 2 heterocycles. The summed E-state index contributed by atoms with van der Waals surface area (Å²) in [6, 6.07) is 10.6. The number of carbonyl (C=O) groups is 1. The molecule has 1 aliphatic rings. The number of anilines is 2. The Balaban J connectivity index is 1.79. The van der Waals surface area contributed by atoms with Crippen LogP contribution >= 0.6 is 0 Å². The molecule has 1 saturated heterocycles. The Morgan fingerprint density at radius 1 is 1.32 bits per heavy atom. The van der Waals surface area contributed by atoms with E-state index in [1.54, 1.807) is 37.3 Å². The van der Waals surface area contributed by atoms with Crippen LogP contribution in [0.1, 0.15) is 41.6 Å². The molecule has 1 aliphatic heterocycles. The first-order valence-electron chi connectivity index (χ1n) is 8.47. The monoisotopic (exact) mass is 335 g/mol. The van der Waals surface area contributed by atoms with Gasteiger partial charge in [-0.05, 0) is 49.9 Å². The van der Waals surface area contributed by atoms with Gasteiger partial charge in [0.25, 0.3) is 5.91 Å². The zero-order valence-electron chi connectivity index (χ0n) is 14.5. The fraction of sp³-hybridized carbons (Fsp3) is 0.368. The molecule has 1 fully saturated rings. The molecular formula is C19H21N5O. The number of nitriles is 1. The molecule has 6 nitrogen and oxygen atoms in total. The fourth-order valence-corrected chi connectivity index (χ4v) is 3.05. The van der Waals surface area contributed by atoms with E-state index in [1.807, 2.05) is 0 Å². The van der Waals surface area contributed by atoms with E-state index < -0.39 is 0 Å². The zero-order valence-corrected chi connectivity index (χ0v) is 14.5. The van der Waals surface area contributed by atoms with Crippen LogP contribution < -0.4 is 10.2 Å². The van der Waals surface area contributed by atoms with E-state index in [4.69, 9.17) is 5.26 Å². The van der Waals surface area contributed by atoms with Crippen LogP contribution in [0.4, 0.5) is 11.5 Å². The van der Waals surface area contributed by atoms with Gasteiger partial charge in [-0.15, -0.1) is 0 Å². The lowest BCUT2D eigenvalue weighted by Crippen LogP contribution is -2.35. The Bertz CT molecular complexity index is 810. The average molecular weight is 335 g/mol. The molecule has 0 aliphatic carbocycles. The first kappa shape index (κ1) is 16.9. The standard InChI is InChI=1S/C19H21N5O/c1-13-4-3-9-24(12-13)18-10-17(21-14(2)22-18)19(25)23-16-7-5-15(11-20)6-8-16/h5-8,10,13H,3-4,9,12H2,1-2H3,(H,23,25). The number of aryl methyl sites for hydroxylation is 1. The van der Waals surface area contributed by atoms with Gasteiger partial charge in [-0.1, -0.05) is 6.92 Å². The molecule has 25 heavy (non-hydrogen) atoms. The first-order chi connectivity index (χ1) is 12.0. The van der Waals surface area contributed by atoms with E-state index in [-0.39, 0.29) is 5.91 Å². The Morgan fingerprint density at radius 2 is 2.08 bits per heavy atom. The number of piperidine rings is 1. The largest absolute Gasteiger partial charge is 0.356 e. The van der Waals surface area contributed by atoms with Crippen molar-refractivity contribution in [3.05, 3.63) is 47.4 Å². The van der Waals surface area contributed by atoms with Crippen LogP contribution in [0.3, 0.4) is 0 Å². The molecule has 0 spiro atoms. The van der Waals surface area contributed by atoms with Crippen LogP contribution in [-0.2, 0) is 0 Å². The van der Waals surface area contributed by atoms with Gasteiger partial charge >= 0.3 is 0 Å². The molecule has 0 bridgehead atoms. The highest BCUT2D eigenvalue weighted by Gasteiger charge is 2.20. The molecule has 1 amide bonds. The summed E-state index contributed by atoms with van der Waals surface area (Å²) in [6.07, 6.45) is 2.36. The lowest BCUT2D eigenvalue weighted by Gasteiger charge is -2.32. The molecule has 0 radical (unpaired) electrons. The highest BCUT2D eigenvalue weighted by atomic mass is 16.1. The average Bonchev–Trinajstić information content (AvgIpc) is 2.62. The maximum atomic E-state index is 12.5. The second-order valence-electron chi connectivity index (χ2n) is 6.50. The number of nitrogens with zero attached hydrogens (tertiary/aromatic N) is 4. The quantitative estimate of drug-likeness (QED) is 0.932. The lowest BCUT2D eigenvalue weighted by atomic mass is 10.0. The van der Waals surface area contributed by atoms with Gasteiger partial charge in [-0.3, -0.25) is 4.79 Å². The third-order valence-corrected chi connectivity index (χ3v) is 4.31. The number of benzene rings is 1. The maximum absolute atomic E-state index is 12.5. The normalized spacial score (nSPS) is 17.0. The topological polar surface area (TPSA) is 81.9 Å². The Hall–Kier alpha value is -2.94. The number of rotatable bonds is 3. The third-order valence-electron chi connectivity index (χ3n) is 4.31. The van der Waals surface area contributed by atoms with Gasteiger partial charge in [-0.2, -0.15) is 5.26 Å². The minimum atomic E-state index is -0.276. The Morgan fingerprint density at radius 3 is 2.76 bits per heavy atom. The molecule has 1 aromatic carbocycles. The van der Waals surface area contributed by atoms with E-state index in [1.165, 1.54) is 6.42 Å². The minimum absolute atomic E-state index is 0.276. The highest BCUT2D eigenvalue weighted by Crippen LogP contribution is 2.22. The van der Waals surface area contributed by atoms with E-state index >= 15 is 0 Å². The lowest BCUT2D eigenvalue weighted by molar-refractivity contribution is 0.102. The van der Waals surface area contributed by atoms with Crippen molar-refractivity contribution in [3.63, 3.8) is 0 Å². The van der Waals surface area contributed by atoms with Crippen molar-refractivity contribution in [1.29, 1.82) is 5.26 Å². The number of hydrogen-bond donors (Lipinski definition) is 1. The highest BCUT2D eigenvalue weighted by molar-refractivity contribution is 6.03. The molecule has 1 aromatic heterocycles. The number of carbonyl (C=O) groups excluding carboxylic acids is 1. The smallest absolute Gasteiger partial charge is 0.274 e. The van der Waals surface area contributed by atoms with Crippen LogP contribution in [-0.4, -0.2) is 29.0 Å². The predicted octanol–water partition coefficient (Wildman–Crippen LogP) is 3.15. The van der Waals surface area contributed by atoms with Crippen molar-refractivity contribution in [3.8, 4) is 6.07 Å². The second-order valence-corrected chi connectivity index (χ2v) is 6.50. The number of amides is 1. The third kappa shape index (κ3) is 4.13. The van der Waals surface area contributed by atoms with Crippen LogP contribution in [0, 0.1) is 24.2 Å². The van der Waals surface area contributed by atoms with Crippen LogP contribution in [0.25, 0.3) is 0 Å². The Labute approximate surface area is 147 Å². The summed E-state index contributed by atoms with van der Waals surface area (Å²) in [7, 11) is 0. The van der Waals surface area contributed by atoms with Crippen molar-refractivity contribution in [2.24, 2.45) is 5.92 Å². The molecule has 1 N–H and O–H groups in total. The molecular weight excluding hydrogens is 314 g/mol. The van der Waals surface area contributed by atoms with E-state index in [2.05, 4.69) is 33.2 Å². The van der Waals surface area contributed by atoms with Gasteiger partial charge in [-0.25, -0.2) is 9.97 Å². The fourth-order valence-electron chi connectivity index (χ4n) is 3.05. The number of nitrogens with one attached hydrogen (secondary N) is 1. The first-order valence-corrected chi connectivity index (χ1v) is 8.47. The SMILES string of the molecule is Cc1nc(C(=O)Nc2ccc(C#N)cc2)cc(N2CCCC(C)C2)n1. The second kappa shape index (κ2) is 7.31. The van der Waals surface area contributed by atoms with Crippen LogP contribution in [0.5, 0.6) is 0 Å². The molecule has 0 saturated carbocycles. The van der Waals surface area contributed by atoms with Crippen LogP contribution in [0.2, 0.25) is 0 Å². The van der Waals surface area contributed by atoms with Gasteiger partial charge in [0, 0.05) is 24.8 Å². The van der Waals surface area contributed by atoms with Crippen molar-refractivity contribution in [2.45, 2.75) is 26.7 Å². The number of aromatic nitrogens is 2. The number of hydrogen-bond acceptors (Lipinski definition) is 5. The zero-order chi connectivity index (χ0) is 17.8. The van der Waals surface area contributed by atoms with E-state index in [0.29, 0.717) is 28.7 Å². The maximum Gasteiger partial charge on any atom is 0.274 e. The molecule has 2 aromatic rings. The summed E-state index contributed by atoms with van der Waals surface area (Å²) in [6.45, 7) is 5.94. The summed E-state index contributed by atoms with van der Waals surface area (Å²) in [5, 5.41) is 11.7. The van der Waals surface area contributed by atoms with Crippen LogP contribution in [0.15, 0.2) is 30.3 Å². The van der Waals surface area contributed by atoms with Gasteiger partial charge in [0.2, 0.25) is 0 Å². The molecule has 128 valence electrons. The predicted molar refractivity (Wildman–Crippen MR) is 96.5 cm³/mol. The summed E-state index contributed by atoms with van der Waals surface area (Å²) in [4.78, 5) is 23.5. The van der Waals surface area contributed by atoms with Crippen molar-refractivity contribution in [1.82, 2.24) is 9.97 Å². The van der Waals surface area contributed by atoms with Gasteiger partial charge in [0.1, 0.15) is 17.3 Å². The van der Waals surface area contributed by atoms with Crippen molar-refractivity contribution < 1.29 is 4.79 Å². The Kier molecular flexibility index (Phi) is 4.94. The summed E-state index contributed by atoms with van der Waals surface area (Å²) >= 11 is 0. The molecule has 1 unspecified atom stereocenters. The van der Waals surface area contributed by atoms with Crippen molar-refractivity contribution >= 4 is 17.4 Å². The molecule has 1 atom stereocenters. The molecule has 6 heteroatoms. The van der Waals surface area contributed by atoms with Gasteiger partial charge < -0.3 is 10.2 Å². The summed E-state index contributed by atoms with van der Waals surface area (Å²) in [5.41, 5.74) is 1.54. The summed E-state index contributed by atoms with van der Waals surface area (Å²) < 4.78 is 0. The summed E-state index contributed by atoms with van der Waals surface area (Å²) in [5.74, 6) is 1.74. The molecule has 3 rings (SSSR count). The van der Waals surface area contributed by atoms with Gasteiger partial charge in [0.05, 0.1) is 11.6 Å².